The summed E-state index contributed by atoms with van der Waals surface area (Å²) in [6.07, 6.45) is 3.31. The van der Waals surface area contributed by atoms with Crippen molar-refractivity contribution in [2.75, 3.05) is 6.54 Å². The standard InChI is InChI=1S/C16H16FN5OS/c1-9-13(24-16(21-9)14-19-6-7-20-14)15(23)22-12(8-18)10-4-2-3-5-11(10)17/h2-7,12H,8,18H2,1H3,(H,19,20)(H,22,23). The van der Waals surface area contributed by atoms with Gasteiger partial charge in [-0.25, -0.2) is 14.4 Å². The van der Waals surface area contributed by atoms with Crippen molar-refractivity contribution in [2.45, 2.75) is 13.0 Å². The molecule has 8 heteroatoms. The van der Waals surface area contributed by atoms with Gasteiger partial charge in [0, 0.05) is 24.5 Å². The summed E-state index contributed by atoms with van der Waals surface area (Å²) in [6, 6.07) is 5.65. The quantitative estimate of drug-likeness (QED) is 0.661. The number of thiazole rings is 1. The molecule has 0 saturated carbocycles. The summed E-state index contributed by atoms with van der Waals surface area (Å²) in [5.41, 5.74) is 6.67. The normalized spacial score (nSPS) is 12.1. The van der Waals surface area contributed by atoms with Gasteiger partial charge in [0.1, 0.15) is 10.7 Å². The molecule has 0 aliphatic rings. The highest BCUT2D eigenvalue weighted by Gasteiger charge is 2.21. The number of amides is 1. The second-order valence-electron chi connectivity index (χ2n) is 5.15. The van der Waals surface area contributed by atoms with Crippen molar-refractivity contribution in [1.29, 1.82) is 0 Å². The topological polar surface area (TPSA) is 96.7 Å². The van der Waals surface area contributed by atoms with E-state index in [-0.39, 0.29) is 12.5 Å². The molecule has 1 amide bonds. The number of carbonyl (C=O) groups excluding carboxylic acids is 1. The SMILES string of the molecule is Cc1nc(-c2ncc[nH]2)sc1C(=O)NC(CN)c1ccccc1F. The van der Waals surface area contributed by atoms with E-state index >= 15 is 0 Å². The van der Waals surface area contributed by atoms with Crippen molar-refractivity contribution in [3.8, 4) is 10.8 Å². The maximum Gasteiger partial charge on any atom is 0.263 e. The number of halogens is 1. The lowest BCUT2D eigenvalue weighted by atomic mass is 10.1. The second kappa shape index (κ2) is 6.90. The van der Waals surface area contributed by atoms with Crippen molar-refractivity contribution in [1.82, 2.24) is 20.3 Å². The number of imidazole rings is 1. The van der Waals surface area contributed by atoms with Gasteiger partial charge in [-0.1, -0.05) is 18.2 Å². The van der Waals surface area contributed by atoms with Crippen LogP contribution in [0.1, 0.15) is 27.0 Å². The summed E-state index contributed by atoms with van der Waals surface area (Å²) >= 11 is 1.23. The van der Waals surface area contributed by atoms with Crippen LogP contribution in [0.5, 0.6) is 0 Å². The molecule has 0 aliphatic heterocycles. The Balaban J connectivity index is 1.83. The largest absolute Gasteiger partial charge is 0.343 e. The molecular weight excluding hydrogens is 329 g/mol. The molecule has 1 atom stereocenters. The summed E-state index contributed by atoms with van der Waals surface area (Å²) in [6.45, 7) is 1.84. The van der Waals surface area contributed by atoms with Gasteiger partial charge in [0.15, 0.2) is 10.8 Å². The average molecular weight is 345 g/mol. The minimum atomic E-state index is -0.604. The molecule has 0 spiro atoms. The zero-order valence-corrected chi connectivity index (χ0v) is 13.7. The lowest BCUT2D eigenvalue weighted by molar-refractivity contribution is 0.0940. The van der Waals surface area contributed by atoms with Gasteiger partial charge in [0.25, 0.3) is 5.91 Å². The Kier molecular flexibility index (Phi) is 4.68. The smallest absolute Gasteiger partial charge is 0.263 e. The molecule has 3 rings (SSSR count). The highest BCUT2D eigenvalue weighted by Crippen LogP contribution is 2.26. The molecular formula is C16H16FN5OS. The van der Waals surface area contributed by atoms with E-state index < -0.39 is 11.9 Å². The fourth-order valence-corrected chi connectivity index (χ4v) is 3.26. The summed E-state index contributed by atoms with van der Waals surface area (Å²) in [5, 5.41) is 3.40. The van der Waals surface area contributed by atoms with Crippen LogP contribution in [0, 0.1) is 12.7 Å². The van der Waals surface area contributed by atoms with Crippen LogP contribution in [0.3, 0.4) is 0 Å². The Morgan fingerprint density at radius 1 is 1.46 bits per heavy atom. The van der Waals surface area contributed by atoms with Gasteiger partial charge in [0.05, 0.1) is 11.7 Å². The molecule has 0 radical (unpaired) electrons. The minimum Gasteiger partial charge on any atom is -0.343 e. The van der Waals surface area contributed by atoms with Gasteiger partial charge < -0.3 is 16.0 Å². The first-order valence-electron chi connectivity index (χ1n) is 7.32. The molecule has 2 aromatic heterocycles. The van der Waals surface area contributed by atoms with Crippen LogP contribution < -0.4 is 11.1 Å². The second-order valence-corrected chi connectivity index (χ2v) is 6.15. The predicted molar refractivity (Wildman–Crippen MR) is 90.1 cm³/mol. The number of aromatic nitrogens is 3. The zero-order valence-electron chi connectivity index (χ0n) is 12.9. The summed E-state index contributed by atoms with van der Waals surface area (Å²) in [7, 11) is 0. The van der Waals surface area contributed by atoms with Crippen LogP contribution in [0.25, 0.3) is 10.8 Å². The first kappa shape index (κ1) is 16.3. The molecule has 1 aromatic carbocycles. The summed E-state index contributed by atoms with van der Waals surface area (Å²) in [5.74, 6) is -0.126. The van der Waals surface area contributed by atoms with Crippen molar-refractivity contribution in [2.24, 2.45) is 5.73 Å². The third-order valence-electron chi connectivity index (χ3n) is 3.53. The molecule has 0 bridgehead atoms. The number of aromatic amines is 1. The first-order chi connectivity index (χ1) is 11.6. The Labute approximate surface area is 142 Å². The fraction of sp³-hybridized carbons (Fsp3) is 0.188. The van der Waals surface area contributed by atoms with Gasteiger partial charge in [-0.3, -0.25) is 4.79 Å². The third kappa shape index (κ3) is 3.19. The average Bonchev–Trinajstić information content (AvgIpc) is 3.22. The molecule has 24 heavy (non-hydrogen) atoms. The van der Waals surface area contributed by atoms with Crippen LogP contribution in [-0.4, -0.2) is 27.4 Å². The van der Waals surface area contributed by atoms with Crippen molar-refractivity contribution in [3.63, 3.8) is 0 Å². The highest BCUT2D eigenvalue weighted by molar-refractivity contribution is 7.17. The molecule has 2 heterocycles. The van der Waals surface area contributed by atoms with Gasteiger partial charge in [0.2, 0.25) is 0 Å². The first-order valence-corrected chi connectivity index (χ1v) is 8.14. The molecule has 3 aromatic rings. The summed E-state index contributed by atoms with van der Waals surface area (Å²) in [4.78, 5) is 24.4. The highest BCUT2D eigenvalue weighted by atomic mass is 32.1. The molecule has 4 N–H and O–H groups in total. The van der Waals surface area contributed by atoms with Gasteiger partial charge in [-0.2, -0.15) is 0 Å². The van der Waals surface area contributed by atoms with E-state index in [9.17, 15) is 9.18 Å². The van der Waals surface area contributed by atoms with Crippen molar-refractivity contribution >= 4 is 17.2 Å². The number of nitrogens with two attached hydrogens (primary N) is 1. The van der Waals surface area contributed by atoms with Crippen molar-refractivity contribution in [3.05, 3.63) is 58.6 Å². The maximum absolute atomic E-state index is 13.9. The Hall–Kier alpha value is -2.58. The number of H-pyrrole nitrogens is 1. The minimum absolute atomic E-state index is 0.0928. The zero-order chi connectivity index (χ0) is 17.1. The van der Waals surface area contributed by atoms with E-state index in [0.29, 0.717) is 27.0 Å². The van der Waals surface area contributed by atoms with Gasteiger partial charge in [-0.15, -0.1) is 11.3 Å². The van der Waals surface area contributed by atoms with Gasteiger partial charge >= 0.3 is 0 Å². The van der Waals surface area contributed by atoms with Crippen LogP contribution >= 0.6 is 11.3 Å². The monoisotopic (exact) mass is 345 g/mol. The number of carbonyl (C=O) groups is 1. The van der Waals surface area contributed by atoms with E-state index in [1.54, 1.807) is 37.5 Å². The number of rotatable bonds is 5. The van der Waals surface area contributed by atoms with E-state index in [1.165, 1.54) is 17.4 Å². The number of benzene rings is 1. The van der Waals surface area contributed by atoms with Gasteiger partial charge in [-0.05, 0) is 13.0 Å². The van der Waals surface area contributed by atoms with E-state index in [1.807, 2.05) is 0 Å². The fourth-order valence-electron chi connectivity index (χ4n) is 2.34. The number of nitrogens with one attached hydrogen (secondary N) is 2. The molecule has 124 valence electrons. The molecule has 6 nitrogen and oxygen atoms in total. The lowest BCUT2D eigenvalue weighted by Gasteiger charge is -2.17. The summed E-state index contributed by atoms with van der Waals surface area (Å²) < 4.78 is 13.9. The molecule has 0 aliphatic carbocycles. The van der Waals surface area contributed by atoms with E-state index in [2.05, 4.69) is 20.3 Å². The number of aryl methyl sites for hydroxylation is 1. The Bertz CT molecular complexity index is 846. The third-order valence-corrected chi connectivity index (χ3v) is 4.69. The van der Waals surface area contributed by atoms with Crippen LogP contribution in [0.15, 0.2) is 36.7 Å². The van der Waals surface area contributed by atoms with Crippen LogP contribution in [0.4, 0.5) is 4.39 Å². The Morgan fingerprint density at radius 2 is 2.25 bits per heavy atom. The molecule has 0 fully saturated rings. The van der Waals surface area contributed by atoms with Crippen LogP contribution in [-0.2, 0) is 0 Å². The predicted octanol–water partition coefficient (Wildman–Crippen LogP) is 2.41. The van der Waals surface area contributed by atoms with E-state index in [0.717, 1.165) is 0 Å². The number of hydrogen-bond acceptors (Lipinski definition) is 5. The van der Waals surface area contributed by atoms with Crippen LogP contribution in [0.2, 0.25) is 0 Å². The maximum atomic E-state index is 13.9. The number of hydrogen-bond donors (Lipinski definition) is 3. The molecule has 1 unspecified atom stereocenters. The molecule has 0 saturated heterocycles. The van der Waals surface area contributed by atoms with E-state index in [4.69, 9.17) is 5.73 Å². The Morgan fingerprint density at radius 3 is 2.92 bits per heavy atom. The lowest BCUT2D eigenvalue weighted by Crippen LogP contribution is -2.33. The van der Waals surface area contributed by atoms with Crippen molar-refractivity contribution < 1.29 is 9.18 Å². The number of nitrogens with zero attached hydrogens (tertiary/aromatic N) is 2.